The van der Waals surface area contributed by atoms with Gasteiger partial charge in [-0.2, -0.15) is 0 Å². The van der Waals surface area contributed by atoms with Gasteiger partial charge in [0.05, 0.1) is 5.75 Å². The smallest absolute Gasteiger partial charge is 0.234 e. The van der Waals surface area contributed by atoms with Crippen LogP contribution in [-0.2, 0) is 4.79 Å². The molecular formula is C18H29N3OS. The second kappa shape index (κ2) is 7.58. The summed E-state index contributed by atoms with van der Waals surface area (Å²) < 4.78 is 0.109. The fourth-order valence-electron chi connectivity index (χ4n) is 2.52. The lowest BCUT2D eigenvalue weighted by Gasteiger charge is -2.34. The molecule has 4 nitrogen and oxygen atoms in total. The first-order valence-corrected chi connectivity index (χ1v) is 9.21. The Labute approximate surface area is 144 Å². The summed E-state index contributed by atoms with van der Waals surface area (Å²) in [5.41, 5.74) is 3.29. The highest BCUT2D eigenvalue weighted by molar-refractivity contribution is 8.01. The number of rotatable bonds is 4. The van der Waals surface area contributed by atoms with Crippen LogP contribution in [0.15, 0.2) is 18.2 Å². The maximum absolute atomic E-state index is 12.1. The molecule has 0 spiro atoms. The monoisotopic (exact) mass is 335 g/mol. The van der Waals surface area contributed by atoms with Crippen molar-refractivity contribution in [2.24, 2.45) is 0 Å². The van der Waals surface area contributed by atoms with Gasteiger partial charge in [-0.3, -0.25) is 4.79 Å². The molecule has 0 atom stereocenters. The van der Waals surface area contributed by atoms with Gasteiger partial charge < -0.3 is 15.1 Å². The van der Waals surface area contributed by atoms with E-state index in [-0.39, 0.29) is 10.7 Å². The van der Waals surface area contributed by atoms with Gasteiger partial charge in [-0.25, -0.2) is 0 Å². The number of aryl methyl sites for hydroxylation is 1. The number of carbonyl (C=O) groups is 1. The number of hydrogen-bond donors (Lipinski definition) is 1. The normalized spacial score (nSPS) is 16.5. The van der Waals surface area contributed by atoms with E-state index in [1.54, 1.807) is 11.8 Å². The van der Waals surface area contributed by atoms with Gasteiger partial charge in [-0.15, -0.1) is 11.8 Å². The van der Waals surface area contributed by atoms with E-state index in [0.717, 1.165) is 37.4 Å². The van der Waals surface area contributed by atoms with Crippen molar-refractivity contribution >= 4 is 29.0 Å². The van der Waals surface area contributed by atoms with Crippen molar-refractivity contribution in [3.63, 3.8) is 0 Å². The van der Waals surface area contributed by atoms with E-state index in [1.165, 1.54) is 5.69 Å². The SMILES string of the molecule is Cc1cc(N2CCN(C)CC2)ccc1NC(=O)CSC(C)(C)C. The van der Waals surface area contributed by atoms with E-state index in [4.69, 9.17) is 0 Å². The molecule has 0 saturated carbocycles. The number of carbonyl (C=O) groups excluding carboxylic acids is 1. The lowest BCUT2D eigenvalue weighted by Crippen LogP contribution is -2.44. The third-order valence-corrected chi connectivity index (χ3v) is 5.26. The molecule has 0 unspecified atom stereocenters. The topological polar surface area (TPSA) is 35.6 Å². The molecule has 0 radical (unpaired) electrons. The van der Waals surface area contributed by atoms with E-state index in [1.807, 2.05) is 6.07 Å². The number of benzene rings is 1. The maximum atomic E-state index is 12.1. The van der Waals surface area contributed by atoms with Crippen molar-refractivity contribution in [1.82, 2.24) is 4.90 Å². The summed E-state index contributed by atoms with van der Waals surface area (Å²) in [5, 5.41) is 3.03. The molecule has 1 N–H and O–H groups in total. The Morgan fingerprint density at radius 2 is 1.87 bits per heavy atom. The summed E-state index contributed by atoms with van der Waals surface area (Å²) in [6, 6.07) is 6.32. The van der Waals surface area contributed by atoms with Gasteiger partial charge in [0.15, 0.2) is 0 Å². The standard InChI is InChI=1S/C18H29N3OS/c1-14-12-15(21-10-8-20(5)9-11-21)6-7-16(14)19-17(22)13-23-18(2,3)4/h6-7,12H,8-11,13H2,1-5H3,(H,19,22). The molecule has 1 aliphatic heterocycles. The Morgan fingerprint density at radius 1 is 1.22 bits per heavy atom. The van der Waals surface area contributed by atoms with Crippen molar-refractivity contribution < 1.29 is 4.79 Å². The van der Waals surface area contributed by atoms with E-state index in [0.29, 0.717) is 5.75 Å². The third-order valence-electron chi connectivity index (χ3n) is 3.99. The molecule has 0 aliphatic carbocycles. The summed E-state index contributed by atoms with van der Waals surface area (Å²) in [7, 11) is 2.16. The molecule has 0 bridgehead atoms. The quantitative estimate of drug-likeness (QED) is 0.916. The summed E-state index contributed by atoms with van der Waals surface area (Å²) in [4.78, 5) is 16.8. The summed E-state index contributed by atoms with van der Waals surface area (Å²) in [6.45, 7) is 12.8. The Balaban J connectivity index is 1.95. The fourth-order valence-corrected chi connectivity index (χ4v) is 3.15. The second-order valence-electron chi connectivity index (χ2n) is 7.24. The van der Waals surface area contributed by atoms with Crippen molar-refractivity contribution in [3.8, 4) is 0 Å². The predicted octanol–water partition coefficient (Wildman–Crippen LogP) is 3.22. The highest BCUT2D eigenvalue weighted by Crippen LogP contribution is 2.25. The zero-order valence-electron chi connectivity index (χ0n) is 15.0. The van der Waals surface area contributed by atoms with Crippen LogP contribution < -0.4 is 10.2 Å². The van der Waals surface area contributed by atoms with Crippen molar-refractivity contribution in [1.29, 1.82) is 0 Å². The Morgan fingerprint density at radius 3 is 2.43 bits per heavy atom. The molecule has 1 saturated heterocycles. The average molecular weight is 336 g/mol. The number of nitrogens with zero attached hydrogens (tertiary/aromatic N) is 2. The summed E-state index contributed by atoms with van der Waals surface area (Å²) in [6.07, 6.45) is 0. The second-order valence-corrected chi connectivity index (χ2v) is 9.04. The molecule has 128 valence electrons. The molecule has 1 amide bonds. The number of hydrogen-bond acceptors (Lipinski definition) is 4. The predicted molar refractivity (Wildman–Crippen MR) is 102 cm³/mol. The Bertz CT molecular complexity index is 546. The Kier molecular flexibility index (Phi) is 5.98. The molecule has 1 fully saturated rings. The molecule has 0 aromatic heterocycles. The third kappa shape index (κ3) is 5.74. The summed E-state index contributed by atoms with van der Waals surface area (Å²) in [5.74, 6) is 0.559. The molecule has 2 rings (SSSR count). The van der Waals surface area contributed by atoms with Crippen LogP contribution in [0.2, 0.25) is 0 Å². The Hall–Kier alpha value is -1.20. The van der Waals surface area contributed by atoms with Crippen LogP contribution in [0.25, 0.3) is 0 Å². The fraction of sp³-hybridized carbons (Fsp3) is 0.611. The minimum atomic E-state index is 0.0698. The van der Waals surface area contributed by atoms with Crippen molar-refractivity contribution in [2.45, 2.75) is 32.4 Å². The number of piperazine rings is 1. The van der Waals surface area contributed by atoms with Crippen molar-refractivity contribution in [3.05, 3.63) is 23.8 Å². The first kappa shape index (κ1) is 18.1. The molecule has 1 aliphatic rings. The molecule has 1 heterocycles. The van der Waals surface area contributed by atoms with Crippen LogP contribution >= 0.6 is 11.8 Å². The van der Waals surface area contributed by atoms with E-state index < -0.39 is 0 Å². The van der Waals surface area contributed by atoms with Crippen LogP contribution in [0.1, 0.15) is 26.3 Å². The first-order valence-electron chi connectivity index (χ1n) is 8.22. The maximum Gasteiger partial charge on any atom is 0.234 e. The summed E-state index contributed by atoms with van der Waals surface area (Å²) >= 11 is 1.67. The zero-order chi connectivity index (χ0) is 17.0. The average Bonchev–Trinajstić information content (AvgIpc) is 2.47. The van der Waals surface area contributed by atoms with Gasteiger partial charge in [-0.05, 0) is 37.7 Å². The molecular weight excluding hydrogens is 306 g/mol. The lowest BCUT2D eigenvalue weighted by atomic mass is 10.1. The molecule has 23 heavy (non-hydrogen) atoms. The number of amides is 1. The van der Waals surface area contributed by atoms with Crippen LogP contribution in [0.4, 0.5) is 11.4 Å². The molecule has 1 aromatic rings. The minimum absolute atomic E-state index is 0.0698. The largest absolute Gasteiger partial charge is 0.369 e. The van der Waals surface area contributed by atoms with Gasteiger partial charge in [0.1, 0.15) is 0 Å². The van der Waals surface area contributed by atoms with E-state index in [2.05, 4.69) is 62.0 Å². The van der Waals surface area contributed by atoms with Gasteiger partial charge >= 0.3 is 0 Å². The lowest BCUT2D eigenvalue weighted by molar-refractivity contribution is -0.113. The number of nitrogens with one attached hydrogen (secondary N) is 1. The zero-order valence-corrected chi connectivity index (χ0v) is 15.8. The van der Waals surface area contributed by atoms with Crippen molar-refractivity contribution in [2.75, 3.05) is 49.2 Å². The number of likely N-dealkylation sites (N-methyl/N-ethyl adjacent to an activating group) is 1. The van der Waals surface area contributed by atoms with Gasteiger partial charge in [0, 0.05) is 42.3 Å². The van der Waals surface area contributed by atoms with Gasteiger partial charge in [0.2, 0.25) is 5.91 Å². The highest BCUT2D eigenvalue weighted by atomic mass is 32.2. The highest BCUT2D eigenvalue weighted by Gasteiger charge is 2.16. The first-order chi connectivity index (χ1) is 10.7. The van der Waals surface area contributed by atoms with Crippen LogP contribution in [0.5, 0.6) is 0 Å². The van der Waals surface area contributed by atoms with Crippen LogP contribution in [0.3, 0.4) is 0 Å². The van der Waals surface area contributed by atoms with Crippen LogP contribution in [0, 0.1) is 6.92 Å². The van der Waals surface area contributed by atoms with Crippen LogP contribution in [-0.4, -0.2) is 54.5 Å². The van der Waals surface area contributed by atoms with E-state index in [9.17, 15) is 4.79 Å². The molecule has 1 aromatic carbocycles. The number of thioether (sulfide) groups is 1. The van der Waals surface area contributed by atoms with E-state index >= 15 is 0 Å². The molecule has 5 heteroatoms. The minimum Gasteiger partial charge on any atom is -0.369 e. The van der Waals surface area contributed by atoms with Gasteiger partial charge in [0.25, 0.3) is 0 Å². The van der Waals surface area contributed by atoms with Gasteiger partial charge in [-0.1, -0.05) is 20.8 Å². The number of anilines is 2.